The monoisotopic (exact) mass is 254 g/mol. The van der Waals surface area contributed by atoms with Crippen molar-refractivity contribution in [2.75, 3.05) is 6.61 Å². The van der Waals surface area contributed by atoms with Gasteiger partial charge >= 0.3 is 0 Å². The van der Waals surface area contributed by atoms with Gasteiger partial charge in [-0.3, -0.25) is 0 Å². The van der Waals surface area contributed by atoms with Crippen LogP contribution in [-0.2, 0) is 13.0 Å². The number of rotatable bonds is 4. The molecule has 1 aliphatic carbocycles. The Hall–Kier alpha value is -1.80. The Morgan fingerprint density at radius 2 is 2.05 bits per heavy atom. The summed E-state index contributed by atoms with van der Waals surface area (Å²) in [6.45, 7) is 2.73. The molecule has 1 atom stereocenters. The van der Waals surface area contributed by atoms with E-state index in [2.05, 4.69) is 24.3 Å². The van der Waals surface area contributed by atoms with E-state index in [0.29, 0.717) is 12.5 Å². The van der Waals surface area contributed by atoms with Crippen LogP contribution in [-0.4, -0.2) is 11.7 Å². The fraction of sp³-hybridized carbons (Fsp3) is 0.294. The molecule has 0 amide bonds. The highest BCUT2D eigenvalue weighted by Gasteiger charge is 2.26. The molecule has 2 heteroatoms. The zero-order valence-corrected chi connectivity index (χ0v) is 11.1. The van der Waals surface area contributed by atoms with Gasteiger partial charge in [0.2, 0.25) is 0 Å². The molecule has 1 aliphatic rings. The van der Waals surface area contributed by atoms with Crippen molar-refractivity contribution in [2.24, 2.45) is 0 Å². The summed E-state index contributed by atoms with van der Waals surface area (Å²) in [5, 5.41) is 9.36. The summed E-state index contributed by atoms with van der Waals surface area (Å²) in [6.07, 6.45) is 1.09. The molecule has 19 heavy (non-hydrogen) atoms. The maximum atomic E-state index is 9.36. The Balaban J connectivity index is 1.68. The van der Waals surface area contributed by atoms with Gasteiger partial charge in [-0.2, -0.15) is 0 Å². The van der Waals surface area contributed by atoms with Crippen LogP contribution >= 0.6 is 0 Å². The normalized spacial score (nSPS) is 16.6. The minimum absolute atomic E-state index is 0.0261. The van der Waals surface area contributed by atoms with Crippen molar-refractivity contribution < 1.29 is 9.84 Å². The van der Waals surface area contributed by atoms with E-state index in [4.69, 9.17) is 4.74 Å². The predicted molar refractivity (Wildman–Crippen MR) is 75.5 cm³/mol. The van der Waals surface area contributed by atoms with E-state index >= 15 is 0 Å². The SMILES string of the molecule is Cc1ccc(OCC2Cc3ccccc32)c(CO)c1. The summed E-state index contributed by atoms with van der Waals surface area (Å²) >= 11 is 0. The first-order valence-corrected chi connectivity index (χ1v) is 6.69. The van der Waals surface area contributed by atoms with Gasteiger partial charge in [-0.05, 0) is 30.5 Å². The van der Waals surface area contributed by atoms with Gasteiger partial charge in [-0.15, -0.1) is 0 Å². The minimum Gasteiger partial charge on any atom is -0.493 e. The lowest BCUT2D eigenvalue weighted by atomic mass is 9.78. The molecule has 0 saturated carbocycles. The van der Waals surface area contributed by atoms with Gasteiger partial charge in [0.05, 0.1) is 13.2 Å². The van der Waals surface area contributed by atoms with Gasteiger partial charge < -0.3 is 9.84 Å². The molecular formula is C17H18O2. The van der Waals surface area contributed by atoms with Crippen LogP contribution in [0.5, 0.6) is 5.75 Å². The van der Waals surface area contributed by atoms with Crippen LogP contribution in [0.15, 0.2) is 42.5 Å². The molecule has 0 heterocycles. The highest BCUT2D eigenvalue weighted by atomic mass is 16.5. The van der Waals surface area contributed by atoms with Crippen molar-refractivity contribution in [3.05, 3.63) is 64.7 Å². The first kappa shape index (κ1) is 12.2. The molecule has 0 saturated heterocycles. The van der Waals surface area contributed by atoms with Crippen LogP contribution in [0.25, 0.3) is 0 Å². The number of hydrogen-bond donors (Lipinski definition) is 1. The van der Waals surface area contributed by atoms with Crippen LogP contribution in [0.1, 0.15) is 28.2 Å². The Morgan fingerprint density at radius 1 is 1.21 bits per heavy atom. The molecule has 0 fully saturated rings. The van der Waals surface area contributed by atoms with E-state index in [-0.39, 0.29) is 6.61 Å². The summed E-state index contributed by atoms with van der Waals surface area (Å²) < 4.78 is 5.88. The van der Waals surface area contributed by atoms with E-state index in [0.717, 1.165) is 23.3 Å². The molecule has 2 nitrogen and oxygen atoms in total. The van der Waals surface area contributed by atoms with Gasteiger partial charge in [-0.25, -0.2) is 0 Å². The van der Waals surface area contributed by atoms with E-state index in [1.165, 1.54) is 11.1 Å². The van der Waals surface area contributed by atoms with Crippen molar-refractivity contribution in [3.63, 3.8) is 0 Å². The Morgan fingerprint density at radius 3 is 2.84 bits per heavy atom. The molecule has 1 N–H and O–H groups in total. The van der Waals surface area contributed by atoms with Gasteiger partial charge in [0.25, 0.3) is 0 Å². The second-order valence-electron chi connectivity index (χ2n) is 5.18. The second kappa shape index (κ2) is 5.06. The molecule has 0 bridgehead atoms. The molecule has 2 aromatic carbocycles. The quantitative estimate of drug-likeness (QED) is 0.908. The summed E-state index contributed by atoms with van der Waals surface area (Å²) in [5.41, 5.74) is 4.85. The van der Waals surface area contributed by atoms with Gasteiger partial charge in [0.15, 0.2) is 0 Å². The average molecular weight is 254 g/mol. The lowest BCUT2D eigenvalue weighted by molar-refractivity contribution is 0.248. The molecule has 0 radical (unpaired) electrons. The van der Waals surface area contributed by atoms with Crippen LogP contribution in [0.4, 0.5) is 0 Å². The Labute approximate surface area is 113 Å². The topological polar surface area (TPSA) is 29.5 Å². The average Bonchev–Trinajstić information content (AvgIpc) is 2.41. The van der Waals surface area contributed by atoms with E-state index in [9.17, 15) is 5.11 Å². The third kappa shape index (κ3) is 2.36. The number of benzene rings is 2. The Kier molecular flexibility index (Phi) is 3.26. The number of ether oxygens (including phenoxy) is 1. The summed E-state index contributed by atoms with van der Waals surface area (Å²) in [6, 6.07) is 14.5. The van der Waals surface area contributed by atoms with E-state index < -0.39 is 0 Å². The third-order valence-corrected chi connectivity index (χ3v) is 3.79. The lowest BCUT2D eigenvalue weighted by Crippen LogP contribution is -2.23. The van der Waals surface area contributed by atoms with Crippen molar-refractivity contribution in [1.29, 1.82) is 0 Å². The molecule has 0 aromatic heterocycles. The predicted octanol–water partition coefficient (Wildman–Crippen LogP) is 3.21. The Bertz CT molecular complexity index is 590. The zero-order chi connectivity index (χ0) is 13.2. The molecule has 1 unspecified atom stereocenters. The lowest BCUT2D eigenvalue weighted by Gasteiger charge is -2.30. The summed E-state index contributed by atoms with van der Waals surface area (Å²) in [4.78, 5) is 0. The number of aryl methyl sites for hydroxylation is 1. The first-order chi connectivity index (χ1) is 9.28. The summed E-state index contributed by atoms with van der Waals surface area (Å²) in [7, 11) is 0. The fourth-order valence-electron chi connectivity index (χ4n) is 2.67. The number of fused-ring (bicyclic) bond motifs is 1. The fourth-order valence-corrected chi connectivity index (χ4v) is 2.67. The summed E-state index contributed by atoms with van der Waals surface area (Å²) in [5.74, 6) is 1.29. The van der Waals surface area contributed by atoms with Crippen molar-refractivity contribution in [1.82, 2.24) is 0 Å². The first-order valence-electron chi connectivity index (χ1n) is 6.69. The van der Waals surface area contributed by atoms with Gasteiger partial charge in [0, 0.05) is 11.5 Å². The largest absolute Gasteiger partial charge is 0.493 e. The highest BCUT2D eigenvalue weighted by Crippen LogP contribution is 2.35. The molecule has 98 valence electrons. The van der Waals surface area contributed by atoms with E-state index in [1.807, 2.05) is 25.1 Å². The number of aliphatic hydroxyl groups excluding tert-OH is 1. The van der Waals surface area contributed by atoms with Crippen LogP contribution in [0, 0.1) is 6.92 Å². The van der Waals surface area contributed by atoms with Crippen molar-refractivity contribution in [3.8, 4) is 5.75 Å². The second-order valence-corrected chi connectivity index (χ2v) is 5.18. The van der Waals surface area contributed by atoms with E-state index in [1.54, 1.807) is 0 Å². The van der Waals surface area contributed by atoms with Crippen LogP contribution in [0.2, 0.25) is 0 Å². The minimum atomic E-state index is 0.0261. The molecule has 0 aliphatic heterocycles. The molecule has 0 spiro atoms. The number of aliphatic hydroxyl groups is 1. The smallest absolute Gasteiger partial charge is 0.124 e. The molecule has 2 aromatic rings. The van der Waals surface area contributed by atoms with Crippen molar-refractivity contribution in [2.45, 2.75) is 25.9 Å². The van der Waals surface area contributed by atoms with Crippen LogP contribution in [0.3, 0.4) is 0 Å². The third-order valence-electron chi connectivity index (χ3n) is 3.79. The van der Waals surface area contributed by atoms with Crippen molar-refractivity contribution >= 4 is 0 Å². The highest BCUT2D eigenvalue weighted by molar-refractivity contribution is 5.41. The van der Waals surface area contributed by atoms with Gasteiger partial charge in [-0.1, -0.05) is 42.0 Å². The maximum absolute atomic E-state index is 9.36. The van der Waals surface area contributed by atoms with Gasteiger partial charge in [0.1, 0.15) is 5.75 Å². The standard InChI is InChI=1S/C17H18O2/c1-12-6-7-17(14(8-12)10-18)19-11-15-9-13-4-2-3-5-16(13)15/h2-8,15,18H,9-11H2,1H3. The molecule has 3 rings (SSSR count). The zero-order valence-electron chi connectivity index (χ0n) is 11.1. The van der Waals surface area contributed by atoms with Crippen LogP contribution < -0.4 is 4.74 Å². The maximum Gasteiger partial charge on any atom is 0.124 e. The molecular weight excluding hydrogens is 236 g/mol. The number of hydrogen-bond acceptors (Lipinski definition) is 2.